The summed E-state index contributed by atoms with van der Waals surface area (Å²) in [5, 5.41) is 0. The number of aromatic nitrogens is 2. The Hall–Kier alpha value is -3.10. The second kappa shape index (κ2) is 7.06. The number of imide groups is 1. The molecule has 7 nitrogen and oxygen atoms in total. The van der Waals surface area contributed by atoms with Crippen LogP contribution in [0.4, 0.5) is 0 Å². The smallest absolute Gasteiger partial charge is 0.261 e. The number of amides is 2. The van der Waals surface area contributed by atoms with Crippen molar-refractivity contribution in [3.63, 3.8) is 0 Å². The number of carbonyl (C=O) groups is 2. The molecule has 3 aromatic rings. The van der Waals surface area contributed by atoms with Crippen LogP contribution in [-0.2, 0) is 26.1 Å². The van der Waals surface area contributed by atoms with Crippen LogP contribution in [0.3, 0.4) is 0 Å². The van der Waals surface area contributed by atoms with Crippen LogP contribution in [0.15, 0.2) is 47.0 Å². The molecule has 2 aliphatic heterocycles. The maximum atomic E-state index is 12.5. The standard InChI is InChI=1S/C21H18N4O3S/c26-19-16-3-1-2-4-17(16)20(27)25(19)12-15-6-5-14(28-15)11-24-8-7-18-13(10-24)9-22-21(29)23-18/h1-6,9H,7-8,10-12H2,(H,22,23,29). The minimum atomic E-state index is -0.277. The highest BCUT2D eigenvalue weighted by molar-refractivity contribution is 7.71. The molecule has 2 aliphatic rings. The van der Waals surface area contributed by atoms with Gasteiger partial charge < -0.3 is 9.40 Å². The Bertz CT molecular complexity index is 1150. The van der Waals surface area contributed by atoms with E-state index in [1.165, 1.54) is 4.90 Å². The predicted molar refractivity (Wildman–Crippen MR) is 107 cm³/mol. The van der Waals surface area contributed by atoms with E-state index in [1.807, 2.05) is 18.3 Å². The quantitative estimate of drug-likeness (QED) is 0.530. The second-order valence-corrected chi connectivity index (χ2v) is 7.65. The Kier molecular flexibility index (Phi) is 4.37. The topological polar surface area (TPSA) is 82.4 Å². The molecule has 1 aromatic carbocycles. The molecule has 0 spiro atoms. The number of H-pyrrole nitrogens is 1. The molecule has 0 bridgehead atoms. The number of hydrogen-bond donors (Lipinski definition) is 1. The van der Waals surface area contributed by atoms with Gasteiger partial charge in [-0.15, -0.1) is 0 Å². The first-order valence-corrected chi connectivity index (χ1v) is 9.81. The third-order valence-electron chi connectivity index (χ3n) is 5.34. The highest BCUT2D eigenvalue weighted by atomic mass is 32.1. The highest BCUT2D eigenvalue weighted by Crippen LogP contribution is 2.25. The Labute approximate surface area is 172 Å². The van der Waals surface area contributed by atoms with Crippen LogP contribution in [0.1, 0.15) is 43.5 Å². The maximum absolute atomic E-state index is 12.5. The molecule has 0 fully saturated rings. The molecule has 0 unspecified atom stereocenters. The van der Waals surface area contributed by atoms with Gasteiger partial charge in [0.2, 0.25) is 0 Å². The van der Waals surface area contributed by atoms with Crippen LogP contribution in [-0.4, -0.2) is 38.1 Å². The van der Waals surface area contributed by atoms with Crippen LogP contribution < -0.4 is 0 Å². The number of hydrogen-bond acceptors (Lipinski definition) is 6. The summed E-state index contributed by atoms with van der Waals surface area (Å²) >= 11 is 5.09. The van der Waals surface area contributed by atoms with Crippen molar-refractivity contribution in [3.8, 4) is 0 Å². The van der Waals surface area contributed by atoms with E-state index in [4.69, 9.17) is 16.6 Å². The third kappa shape index (κ3) is 3.30. The van der Waals surface area contributed by atoms with Gasteiger partial charge >= 0.3 is 0 Å². The van der Waals surface area contributed by atoms with E-state index in [2.05, 4.69) is 14.9 Å². The lowest BCUT2D eigenvalue weighted by Crippen LogP contribution is -2.30. The van der Waals surface area contributed by atoms with Crippen molar-refractivity contribution in [2.45, 2.75) is 26.1 Å². The van der Waals surface area contributed by atoms with Crippen molar-refractivity contribution in [1.82, 2.24) is 19.8 Å². The minimum Gasteiger partial charge on any atom is -0.463 e. The molecule has 1 N–H and O–H groups in total. The summed E-state index contributed by atoms with van der Waals surface area (Å²) in [6.45, 7) is 2.44. The molecule has 29 heavy (non-hydrogen) atoms. The summed E-state index contributed by atoms with van der Waals surface area (Å²) in [7, 11) is 0. The van der Waals surface area contributed by atoms with Gasteiger partial charge in [-0.2, -0.15) is 0 Å². The molecule has 0 saturated heterocycles. The van der Waals surface area contributed by atoms with Gasteiger partial charge in [0.25, 0.3) is 11.8 Å². The van der Waals surface area contributed by atoms with Crippen molar-refractivity contribution in [2.24, 2.45) is 0 Å². The van der Waals surface area contributed by atoms with Crippen LogP contribution in [0.25, 0.3) is 0 Å². The summed E-state index contributed by atoms with van der Waals surface area (Å²) in [6.07, 6.45) is 2.71. The first-order valence-electron chi connectivity index (χ1n) is 9.41. The number of nitrogens with one attached hydrogen (secondary N) is 1. The van der Waals surface area contributed by atoms with E-state index >= 15 is 0 Å². The Morgan fingerprint density at radius 1 is 1.03 bits per heavy atom. The number of fused-ring (bicyclic) bond motifs is 2. The van der Waals surface area contributed by atoms with Gasteiger partial charge in [-0.1, -0.05) is 12.1 Å². The van der Waals surface area contributed by atoms with Crippen molar-refractivity contribution in [2.75, 3.05) is 6.54 Å². The van der Waals surface area contributed by atoms with E-state index in [0.717, 1.165) is 36.5 Å². The Balaban J connectivity index is 1.26. The van der Waals surface area contributed by atoms with Crippen LogP contribution >= 0.6 is 12.2 Å². The van der Waals surface area contributed by atoms with Gasteiger partial charge in [-0.25, -0.2) is 4.98 Å². The molecule has 0 radical (unpaired) electrons. The fraction of sp³-hybridized carbons (Fsp3) is 0.238. The summed E-state index contributed by atoms with van der Waals surface area (Å²) in [5.74, 6) is 0.844. The van der Waals surface area contributed by atoms with Gasteiger partial charge in [0.15, 0.2) is 4.77 Å². The zero-order valence-electron chi connectivity index (χ0n) is 15.6. The first kappa shape index (κ1) is 18.0. The molecule has 2 aromatic heterocycles. The molecule has 0 saturated carbocycles. The number of benzene rings is 1. The lowest BCUT2D eigenvalue weighted by molar-refractivity contribution is 0.0630. The van der Waals surface area contributed by atoms with Gasteiger partial charge in [-0.3, -0.25) is 19.4 Å². The van der Waals surface area contributed by atoms with E-state index < -0.39 is 0 Å². The fourth-order valence-electron chi connectivity index (χ4n) is 3.89. The zero-order valence-corrected chi connectivity index (χ0v) is 16.4. The fourth-order valence-corrected chi connectivity index (χ4v) is 4.07. The molecule has 146 valence electrons. The van der Waals surface area contributed by atoms with Crippen molar-refractivity contribution in [3.05, 3.63) is 81.3 Å². The highest BCUT2D eigenvalue weighted by Gasteiger charge is 2.35. The second-order valence-electron chi connectivity index (χ2n) is 7.26. The van der Waals surface area contributed by atoms with E-state index in [9.17, 15) is 9.59 Å². The van der Waals surface area contributed by atoms with E-state index in [0.29, 0.717) is 28.2 Å². The molecule has 5 rings (SSSR count). The lowest BCUT2D eigenvalue weighted by atomic mass is 10.1. The average Bonchev–Trinajstić information content (AvgIpc) is 3.27. The van der Waals surface area contributed by atoms with Gasteiger partial charge in [0.05, 0.1) is 24.2 Å². The largest absolute Gasteiger partial charge is 0.463 e. The van der Waals surface area contributed by atoms with Gasteiger partial charge in [0.1, 0.15) is 11.5 Å². The predicted octanol–water partition coefficient (Wildman–Crippen LogP) is 3.09. The number of rotatable bonds is 4. The molecule has 2 amide bonds. The molecule has 0 aliphatic carbocycles. The zero-order chi connectivity index (χ0) is 20.0. The lowest BCUT2D eigenvalue weighted by Gasteiger charge is -2.27. The van der Waals surface area contributed by atoms with E-state index in [-0.39, 0.29) is 18.4 Å². The van der Waals surface area contributed by atoms with Crippen molar-refractivity contribution < 1.29 is 14.0 Å². The summed E-state index contributed by atoms with van der Waals surface area (Å²) < 4.78 is 6.44. The SMILES string of the molecule is O=C1c2ccccc2C(=O)N1Cc1ccc(CN2CCc3[nH]c(=S)ncc3C2)o1. The van der Waals surface area contributed by atoms with Crippen LogP contribution in [0.2, 0.25) is 0 Å². The van der Waals surface area contributed by atoms with Crippen molar-refractivity contribution in [1.29, 1.82) is 0 Å². The number of carbonyl (C=O) groups excluding carboxylic acids is 2. The van der Waals surface area contributed by atoms with Crippen LogP contribution in [0, 0.1) is 4.77 Å². The number of aromatic amines is 1. The summed E-state index contributed by atoms with van der Waals surface area (Å²) in [5.41, 5.74) is 3.18. The van der Waals surface area contributed by atoms with Gasteiger partial charge in [0, 0.05) is 37.0 Å². The normalized spacial score (nSPS) is 16.2. The molecular formula is C21H18N4O3S. The minimum absolute atomic E-state index is 0.135. The monoisotopic (exact) mass is 406 g/mol. The molecular weight excluding hydrogens is 388 g/mol. The summed E-state index contributed by atoms with van der Waals surface area (Å²) in [4.78, 5) is 35.9. The average molecular weight is 406 g/mol. The molecule has 4 heterocycles. The number of furan rings is 1. The Morgan fingerprint density at radius 2 is 1.72 bits per heavy atom. The van der Waals surface area contributed by atoms with E-state index in [1.54, 1.807) is 24.3 Å². The maximum Gasteiger partial charge on any atom is 0.261 e. The summed E-state index contributed by atoms with van der Waals surface area (Å²) in [6, 6.07) is 10.6. The first-order chi connectivity index (χ1) is 14.1. The third-order valence-corrected chi connectivity index (χ3v) is 5.55. The van der Waals surface area contributed by atoms with Crippen LogP contribution in [0.5, 0.6) is 0 Å². The van der Waals surface area contributed by atoms with Gasteiger partial charge in [-0.05, 0) is 36.5 Å². The Morgan fingerprint density at radius 3 is 2.45 bits per heavy atom. The van der Waals surface area contributed by atoms with Crippen molar-refractivity contribution >= 4 is 24.0 Å². The number of nitrogens with zero attached hydrogens (tertiary/aromatic N) is 3. The molecule has 8 heteroatoms. The molecule has 0 atom stereocenters.